The molecular formula is C14H24ClN3O2. The molecule has 0 aliphatic heterocycles. The molecule has 0 saturated carbocycles. The van der Waals surface area contributed by atoms with Crippen molar-refractivity contribution in [2.24, 2.45) is 5.73 Å². The van der Waals surface area contributed by atoms with Gasteiger partial charge in [-0.25, -0.2) is 0 Å². The highest BCUT2D eigenvalue weighted by atomic mass is 35.5. The number of hydrogen-bond donors (Lipinski definition) is 2. The van der Waals surface area contributed by atoms with Crippen LogP contribution in [-0.2, 0) is 11.3 Å². The van der Waals surface area contributed by atoms with Crippen molar-refractivity contribution in [1.82, 2.24) is 10.2 Å². The van der Waals surface area contributed by atoms with Crippen molar-refractivity contribution in [3.05, 3.63) is 35.4 Å². The van der Waals surface area contributed by atoms with Crippen molar-refractivity contribution in [3.8, 4) is 0 Å². The van der Waals surface area contributed by atoms with Gasteiger partial charge in [0.05, 0.1) is 6.61 Å². The van der Waals surface area contributed by atoms with Gasteiger partial charge in [-0.3, -0.25) is 4.79 Å². The van der Waals surface area contributed by atoms with Crippen molar-refractivity contribution in [1.29, 1.82) is 0 Å². The largest absolute Gasteiger partial charge is 0.383 e. The van der Waals surface area contributed by atoms with Gasteiger partial charge in [-0.2, -0.15) is 0 Å². The van der Waals surface area contributed by atoms with E-state index in [1.165, 1.54) is 0 Å². The van der Waals surface area contributed by atoms with E-state index in [9.17, 15) is 4.79 Å². The topological polar surface area (TPSA) is 67.6 Å². The number of hydrogen-bond acceptors (Lipinski definition) is 4. The molecule has 0 spiro atoms. The van der Waals surface area contributed by atoms with Gasteiger partial charge >= 0.3 is 0 Å². The minimum absolute atomic E-state index is 0. The molecule has 0 bridgehead atoms. The number of rotatable bonds is 8. The molecule has 1 aromatic rings. The van der Waals surface area contributed by atoms with Crippen molar-refractivity contribution in [2.75, 3.05) is 40.4 Å². The number of nitrogens with two attached hydrogens (primary N) is 1. The fourth-order valence-electron chi connectivity index (χ4n) is 1.61. The molecule has 20 heavy (non-hydrogen) atoms. The van der Waals surface area contributed by atoms with Gasteiger partial charge in [0.1, 0.15) is 0 Å². The monoisotopic (exact) mass is 301 g/mol. The summed E-state index contributed by atoms with van der Waals surface area (Å²) in [5.74, 6) is -0.0521. The van der Waals surface area contributed by atoms with E-state index < -0.39 is 0 Å². The van der Waals surface area contributed by atoms with Gasteiger partial charge in [0.25, 0.3) is 5.91 Å². The molecule has 0 radical (unpaired) electrons. The molecule has 5 nitrogen and oxygen atoms in total. The predicted molar refractivity (Wildman–Crippen MR) is 83.3 cm³/mol. The molecule has 1 amide bonds. The van der Waals surface area contributed by atoms with E-state index in [0.29, 0.717) is 25.3 Å². The van der Waals surface area contributed by atoms with E-state index in [1.807, 2.05) is 19.2 Å². The first-order chi connectivity index (χ1) is 9.17. The van der Waals surface area contributed by atoms with Crippen LogP contribution in [0.4, 0.5) is 0 Å². The number of carbonyl (C=O) groups excluding carboxylic acids is 1. The van der Waals surface area contributed by atoms with Crippen LogP contribution in [0.1, 0.15) is 15.9 Å². The Morgan fingerprint density at radius 2 is 1.95 bits per heavy atom. The summed E-state index contributed by atoms with van der Waals surface area (Å²) in [6, 6.07) is 7.34. The quantitative estimate of drug-likeness (QED) is 0.748. The van der Waals surface area contributed by atoms with Crippen LogP contribution in [0.5, 0.6) is 0 Å². The molecule has 0 saturated heterocycles. The Morgan fingerprint density at radius 1 is 1.30 bits per heavy atom. The SMILES string of the molecule is COCCN(C)CCNC(=O)c1ccc(CN)cc1.Cl. The summed E-state index contributed by atoms with van der Waals surface area (Å²) >= 11 is 0. The van der Waals surface area contributed by atoms with E-state index in [-0.39, 0.29) is 18.3 Å². The first kappa shape index (κ1) is 18.9. The lowest BCUT2D eigenvalue weighted by atomic mass is 10.1. The zero-order valence-corrected chi connectivity index (χ0v) is 12.9. The van der Waals surface area contributed by atoms with E-state index >= 15 is 0 Å². The lowest BCUT2D eigenvalue weighted by molar-refractivity contribution is 0.0947. The van der Waals surface area contributed by atoms with Crippen LogP contribution in [0.15, 0.2) is 24.3 Å². The smallest absolute Gasteiger partial charge is 0.251 e. The van der Waals surface area contributed by atoms with E-state index in [4.69, 9.17) is 10.5 Å². The fourth-order valence-corrected chi connectivity index (χ4v) is 1.61. The maximum atomic E-state index is 11.9. The van der Waals surface area contributed by atoms with Crippen LogP contribution in [0, 0.1) is 0 Å². The summed E-state index contributed by atoms with van der Waals surface area (Å²) in [6.07, 6.45) is 0. The Morgan fingerprint density at radius 3 is 2.50 bits per heavy atom. The Hall–Kier alpha value is -1.14. The molecule has 0 fully saturated rings. The van der Waals surface area contributed by atoms with Gasteiger partial charge in [0, 0.05) is 38.9 Å². The summed E-state index contributed by atoms with van der Waals surface area (Å²) < 4.78 is 4.99. The summed E-state index contributed by atoms with van der Waals surface area (Å²) in [7, 11) is 3.68. The molecule has 0 aliphatic rings. The zero-order chi connectivity index (χ0) is 14.1. The van der Waals surface area contributed by atoms with Crippen LogP contribution in [-0.4, -0.2) is 51.2 Å². The number of nitrogens with zero attached hydrogens (tertiary/aromatic N) is 1. The summed E-state index contributed by atoms with van der Waals surface area (Å²) in [5.41, 5.74) is 7.20. The number of nitrogens with one attached hydrogen (secondary N) is 1. The molecular weight excluding hydrogens is 278 g/mol. The third kappa shape index (κ3) is 6.86. The predicted octanol–water partition coefficient (Wildman–Crippen LogP) is 0.875. The fraction of sp³-hybridized carbons (Fsp3) is 0.500. The number of halogens is 1. The molecule has 1 rings (SSSR count). The Balaban J connectivity index is 0.00000361. The van der Waals surface area contributed by atoms with Crippen molar-refractivity contribution in [2.45, 2.75) is 6.54 Å². The van der Waals surface area contributed by atoms with Crippen LogP contribution in [0.2, 0.25) is 0 Å². The maximum Gasteiger partial charge on any atom is 0.251 e. The van der Waals surface area contributed by atoms with Crippen LogP contribution in [0.25, 0.3) is 0 Å². The number of amides is 1. The standard InChI is InChI=1S/C14H23N3O2.ClH/c1-17(9-10-19-2)8-7-16-14(18)13-5-3-12(11-15)4-6-13;/h3-6H,7-11,15H2,1-2H3,(H,16,18);1H. The normalized spacial score (nSPS) is 10.2. The van der Waals surface area contributed by atoms with Gasteiger partial charge in [-0.15, -0.1) is 12.4 Å². The van der Waals surface area contributed by atoms with Gasteiger partial charge in [0.2, 0.25) is 0 Å². The highest BCUT2D eigenvalue weighted by Crippen LogP contribution is 2.03. The highest BCUT2D eigenvalue weighted by molar-refractivity contribution is 5.94. The Labute approximate surface area is 126 Å². The Kier molecular flexibility index (Phi) is 10.0. The minimum atomic E-state index is -0.0521. The first-order valence-corrected chi connectivity index (χ1v) is 6.42. The van der Waals surface area contributed by atoms with E-state index in [1.54, 1.807) is 19.2 Å². The van der Waals surface area contributed by atoms with Crippen LogP contribution in [0.3, 0.4) is 0 Å². The number of benzene rings is 1. The lowest BCUT2D eigenvalue weighted by Crippen LogP contribution is -2.34. The molecule has 1 aromatic carbocycles. The van der Waals surface area contributed by atoms with Gasteiger partial charge < -0.3 is 20.7 Å². The van der Waals surface area contributed by atoms with Gasteiger partial charge in [-0.05, 0) is 24.7 Å². The first-order valence-electron chi connectivity index (χ1n) is 6.42. The highest BCUT2D eigenvalue weighted by Gasteiger charge is 2.05. The zero-order valence-electron chi connectivity index (χ0n) is 12.1. The van der Waals surface area contributed by atoms with E-state index in [2.05, 4.69) is 10.2 Å². The van der Waals surface area contributed by atoms with Gasteiger partial charge in [-0.1, -0.05) is 12.1 Å². The molecule has 0 unspecified atom stereocenters. The number of carbonyl (C=O) groups is 1. The van der Waals surface area contributed by atoms with Crippen LogP contribution < -0.4 is 11.1 Å². The number of likely N-dealkylation sites (N-methyl/N-ethyl adjacent to an activating group) is 1. The molecule has 3 N–H and O–H groups in total. The lowest BCUT2D eigenvalue weighted by Gasteiger charge is -2.16. The van der Waals surface area contributed by atoms with Crippen molar-refractivity contribution < 1.29 is 9.53 Å². The molecule has 6 heteroatoms. The second-order valence-corrected chi connectivity index (χ2v) is 4.45. The molecule has 0 heterocycles. The van der Waals surface area contributed by atoms with Crippen molar-refractivity contribution in [3.63, 3.8) is 0 Å². The second kappa shape index (κ2) is 10.6. The molecule has 0 atom stereocenters. The average molecular weight is 302 g/mol. The number of ether oxygens (including phenoxy) is 1. The summed E-state index contributed by atoms with van der Waals surface area (Å²) in [4.78, 5) is 14.0. The molecule has 0 aromatic heterocycles. The minimum Gasteiger partial charge on any atom is -0.383 e. The summed E-state index contributed by atoms with van der Waals surface area (Å²) in [6.45, 7) is 3.47. The Bertz CT molecular complexity index is 385. The molecule has 0 aliphatic carbocycles. The number of methoxy groups -OCH3 is 1. The third-order valence-corrected chi connectivity index (χ3v) is 2.91. The van der Waals surface area contributed by atoms with Gasteiger partial charge in [0.15, 0.2) is 0 Å². The third-order valence-electron chi connectivity index (χ3n) is 2.91. The second-order valence-electron chi connectivity index (χ2n) is 4.45. The summed E-state index contributed by atoms with van der Waals surface area (Å²) in [5, 5.41) is 2.89. The van der Waals surface area contributed by atoms with E-state index in [0.717, 1.165) is 18.7 Å². The van der Waals surface area contributed by atoms with Crippen molar-refractivity contribution >= 4 is 18.3 Å². The average Bonchev–Trinajstić information content (AvgIpc) is 2.45. The molecule has 114 valence electrons. The maximum absolute atomic E-state index is 11.9. The van der Waals surface area contributed by atoms with Crippen LogP contribution >= 0.6 is 12.4 Å².